The molecule has 3 nitrogen and oxygen atoms in total. The molecule has 0 aliphatic rings. The van der Waals surface area contributed by atoms with Gasteiger partial charge in [0, 0.05) is 5.75 Å². The van der Waals surface area contributed by atoms with Crippen LogP contribution < -0.4 is 5.73 Å². The van der Waals surface area contributed by atoms with Crippen LogP contribution in [0.3, 0.4) is 0 Å². The molecule has 86 valence electrons. The molecule has 4 heteroatoms. The predicted molar refractivity (Wildman–Crippen MR) is 73.0 cm³/mol. The second kappa shape index (κ2) is 7.93. The van der Waals surface area contributed by atoms with Gasteiger partial charge in [-0.2, -0.15) is 5.10 Å². The van der Waals surface area contributed by atoms with Gasteiger partial charge in [-0.3, -0.25) is 0 Å². The summed E-state index contributed by atoms with van der Waals surface area (Å²) in [4.78, 5) is 0. The number of hydrogen-bond acceptors (Lipinski definition) is 3. The van der Waals surface area contributed by atoms with Crippen molar-refractivity contribution >= 4 is 23.1 Å². The molecule has 0 radical (unpaired) electrons. The highest BCUT2D eigenvalue weighted by Crippen LogP contribution is 2.04. The van der Waals surface area contributed by atoms with Crippen molar-refractivity contribution in [3.05, 3.63) is 35.9 Å². The second-order valence-electron chi connectivity index (χ2n) is 3.30. The largest absolute Gasteiger partial charge is 0.377 e. The number of rotatable bonds is 5. The summed E-state index contributed by atoms with van der Waals surface area (Å²) in [6.07, 6.45) is 4.03. The number of thioether (sulfide) groups is 1. The number of amidine groups is 1. The number of unbranched alkanes of at least 4 members (excludes halogenated alkanes) is 1. The maximum atomic E-state index is 5.68. The summed E-state index contributed by atoms with van der Waals surface area (Å²) < 4.78 is 0. The van der Waals surface area contributed by atoms with Gasteiger partial charge in [-0.1, -0.05) is 55.4 Å². The Hall–Kier alpha value is -1.29. The summed E-state index contributed by atoms with van der Waals surface area (Å²) in [5.74, 6) is 1.01. The first-order chi connectivity index (χ1) is 7.83. The van der Waals surface area contributed by atoms with Gasteiger partial charge < -0.3 is 5.73 Å². The Labute approximate surface area is 101 Å². The van der Waals surface area contributed by atoms with E-state index in [4.69, 9.17) is 5.73 Å². The van der Waals surface area contributed by atoms with Crippen LogP contribution in [0.4, 0.5) is 0 Å². The minimum absolute atomic E-state index is 0.528. The molecule has 0 saturated carbocycles. The van der Waals surface area contributed by atoms with Crippen LogP contribution >= 0.6 is 11.8 Å². The average Bonchev–Trinajstić information content (AvgIpc) is 2.31. The molecule has 0 atom stereocenters. The van der Waals surface area contributed by atoms with E-state index in [2.05, 4.69) is 17.1 Å². The van der Waals surface area contributed by atoms with Crippen LogP contribution in [0.2, 0.25) is 0 Å². The molecular formula is C12H17N3S. The van der Waals surface area contributed by atoms with Crippen molar-refractivity contribution in [2.24, 2.45) is 15.9 Å². The molecule has 0 unspecified atom stereocenters. The van der Waals surface area contributed by atoms with Gasteiger partial charge in [0.15, 0.2) is 5.17 Å². The molecule has 1 rings (SSSR count). The zero-order valence-corrected chi connectivity index (χ0v) is 10.3. The summed E-state index contributed by atoms with van der Waals surface area (Å²) in [6.45, 7) is 2.15. The third kappa shape index (κ3) is 5.56. The third-order valence-corrected chi connectivity index (χ3v) is 2.78. The molecule has 1 aromatic carbocycles. The van der Waals surface area contributed by atoms with E-state index in [1.165, 1.54) is 6.42 Å². The average molecular weight is 235 g/mol. The molecule has 0 heterocycles. The van der Waals surface area contributed by atoms with Crippen molar-refractivity contribution in [2.45, 2.75) is 19.8 Å². The lowest BCUT2D eigenvalue weighted by molar-refractivity contribution is 0.898. The number of benzene rings is 1. The summed E-state index contributed by atoms with van der Waals surface area (Å²) in [7, 11) is 0. The number of nitrogens with two attached hydrogens (primary N) is 1. The molecular weight excluding hydrogens is 218 g/mol. The lowest BCUT2D eigenvalue weighted by atomic mass is 10.2. The lowest BCUT2D eigenvalue weighted by Gasteiger charge is -1.96. The fourth-order valence-corrected chi connectivity index (χ4v) is 1.79. The van der Waals surface area contributed by atoms with Gasteiger partial charge in [-0.05, 0) is 12.0 Å². The maximum Gasteiger partial charge on any atom is 0.180 e. The monoisotopic (exact) mass is 235 g/mol. The quantitative estimate of drug-likeness (QED) is 0.369. The van der Waals surface area contributed by atoms with Gasteiger partial charge in [0.2, 0.25) is 0 Å². The second-order valence-corrected chi connectivity index (χ2v) is 4.41. The smallest absolute Gasteiger partial charge is 0.180 e. The van der Waals surface area contributed by atoms with Crippen molar-refractivity contribution in [3.8, 4) is 0 Å². The van der Waals surface area contributed by atoms with Gasteiger partial charge in [0.1, 0.15) is 0 Å². The van der Waals surface area contributed by atoms with Crippen LogP contribution in [0.1, 0.15) is 25.3 Å². The van der Waals surface area contributed by atoms with Gasteiger partial charge >= 0.3 is 0 Å². The van der Waals surface area contributed by atoms with Crippen LogP contribution in [0.15, 0.2) is 40.5 Å². The normalized spacial score (nSPS) is 12.2. The molecule has 0 aromatic heterocycles. The highest BCUT2D eigenvalue weighted by molar-refractivity contribution is 8.13. The third-order valence-electron chi connectivity index (χ3n) is 1.91. The summed E-state index contributed by atoms with van der Waals surface area (Å²) >= 11 is 1.55. The molecule has 1 aromatic rings. The first kappa shape index (κ1) is 12.8. The Morgan fingerprint density at radius 2 is 2.12 bits per heavy atom. The molecule has 16 heavy (non-hydrogen) atoms. The van der Waals surface area contributed by atoms with E-state index < -0.39 is 0 Å². The molecule has 0 fully saturated rings. The van der Waals surface area contributed by atoms with Crippen LogP contribution in [0.5, 0.6) is 0 Å². The Morgan fingerprint density at radius 3 is 2.81 bits per heavy atom. The van der Waals surface area contributed by atoms with Crippen molar-refractivity contribution in [2.75, 3.05) is 5.75 Å². The highest BCUT2D eigenvalue weighted by atomic mass is 32.2. The van der Waals surface area contributed by atoms with Crippen molar-refractivity contribution < 1.29 is 0 Å². The van der Waals surface area contributed by atoms with Gasteiger partial charge in [0.05, 0.1) is 6.21 Å². The summed E-state index contributed by atoms with van der Waals surface area (Å²) in [5, 5.41) is 8.38. The van der Waals surface area contributed by atoms with Gasteiger partial charge in [-0.25, -0.2) is 0 Å². The SMILES string of the molecule is CCCCS/C(N)=N\N=C/c1ccccc1. The number of hydrogen-bond donors (Lipinski definition) is 1. The van der Waals surface area contributed by atoms with E-state index in [0.717, 1.165) is 17.7 Å². The predicted octanol–water partition coefficient (Wildman–Crippen LogP) is 2.87. The topological polar surface area (TPSA) is 50.7 Å². The van der Waals surface area contributed by atoms with E-state index in [1.807, 2.05) is 30.3 Å². The van der Waals surface area contributed by atoms with E-state index in [-0.39, 0.29) is 0 Å². The van der Waals surface area contributed by atoms with Crippen LogP contribution in [-0.2, 0) is 0 Å². The molecule has 0 spiro atoms. The molecule has 0 saturated heterocycles. The standard InChI is InChI=1S/C12H17N3S/c1-2-3-9-16-12(13)15-14-10-11-7-5-4-6-8-11/h4-8,10H,2-3,9H2,1H3,(H2,13,15)/b14-10-. The Bertz CT molecular complexity index is 347. The van der Waals surface area contributed by atoms with Gasteiger partial charge in [-0.15, -0.1) is 5.10 Å². The van der Waals surface area contributed by atoms with Crippen molar-refractivity contribution in [1.82, 2.24) is 0 Å². The van der Waals surface area contributed by atoms with Crippen molar-refractivity contribution in [3.63, 3.8) is 0 Å². The Balaban J connectivity index is 2.37. The molecule has 0 aliphatic heterocycles. The molecule has 0 aliphatic carbocycles. The summed E-state index contributed by atoms with van der Waals surface area (Å²) in [5.41, 5.74) is 6.70. The zero-order chi connectivity index (χ0) is 11.6. The highest BCUT2D eigenvalue weighted by Gasteiger charge is 1.91. The Kier molecular flexibility index (Phi) is 6.33. The van der Waals surface area contributed by atoms with Crippen molar-refractivity contribution in [1.29, 1.82) is 0 Å². The molecule has 2 N–H and O–H groups in total. The fourth-order valence-electron chi connectivity index (χ4n) is 1.04. The molecule has 0 bridgehead atoms. The van der Waals surface area contributed by atoms with Crippen LogP contribution in [0, 0.1) is 0 Å². The first-order valence-corrected chi connectivity index (χ1v) is 6.36. The van der Waals surface area contributed by atoms with E-state index in [9.17, 15) is 0 Å². The zero-order valence-electron chi connectivity index (χ0n) is 9.47. The van der Waals surface area contributed by atoms with Gasteiger partial charge in [0.25, 0.3) is 0 Å². The van der Waals surface area contributed by atoms with E-state index in [1.54, 1.807) is 18.0 Å². The first-order valence-electron chi connectivity index (χ1n) is 5.37. The van der Waals surface area contributed by atoms with Crippen LogP contribution in [0.25, 0.3) is 0 Å². The van der Waals surface area contributed by atoms with Crippen LogP contribution in [-0.4, -0.2) is 17.1 Å². The number of nitrogens with zero attached hydrogens (tertiary/aromatic N) is 2. The Morgan fingerprint density at radius 1 is 1.38 bits per heavy atom. The fraction of sp³-hybridized carbons (Fsp3) is 0.333. The lowest BCUT2D eigenvalue weighted by Crippen LogP contribution is -2.06. The minimum atomic E-state index is 0.528. The maximum absolute atomic E-state index is 5.68. The van der Waals surface area contributed by atoms with E-state index in [0.29, 0.717) is 5.17 Å². The minimum Gasteiger partial charge on any atom is -0.377 e. The van der Waals surface area contributed by atoms with E-state index >= 15 is 0 Å². The molecule has 0 amide bonds. The summed E-state index contributed by atoms with van der Waals surface area (Å²) in [6, 6.07) is 9.84.